The smallest absolute Gasteiger partial charge is 0.328 e. The molecule has 0 bridgehead atoms. The van der Waals surface area contributed by atoms with Crippen molar-refractivity contribution in [2.24, 2.45) is 0 Å². The lowest BCUT2D eigenvalue weighted by atomic mass is 9.86. The monoisotopic (exact) mass is 354 g/mol. The van der Waals surface area contributed by atoms with Gasteiger partial charge in [0.1, 0.15) is 0 Å². The largest absolute Gasteiger partial charge is 0.478 e. The number of aliphatic carboxylic acids is 1. The van der Waals surface area contributed by atoms with Crippen molar-refractivity contribution in [3.8, 4) is 0 Å². The lowest BCUT2D eigenvalue weighted by Gasteiger charge is -2.18. The molecular formula is C24H34O2. The lowest BCUT2D eigenvalue weighted by Crippen LogP contribution is -2.01. The summed E-state index contributed by atoms with van der Waals surface area (Å²) in [5.41, 5.74) is 6.09. The Balaban J connectivity index is 0.00000146. The van der Waals surface area contributed by atoms with Gasteiger partial charge >= 0.3 is 5.97 Å². The number of carboxylic acids is 1. The second-order valence-corrected chi connectivity index (χ2v) is 5.68. The van der Waals surface area contributed by atoms with Gasteiger partial charge in [-0.15, -0.1) is 0 Å². The summed E-state index contributed by atoms with van der Waals surface area (Å²) < 4.78 is 0. The first kappa shape index (κ1) is 23.7. The number of carboxylic acid groups (broad SMARTS) is 1. The van der Waals surface area contributed by atoms with E-state index in [0.29, 0.717) is 0 Å². The van der Waals surface area contributed by atoms with Gasteiger partial charge in [-0.2, -0.15) is 0 Å². The standard InChI is InChI=1S/C20H22O2.2C2H6/c1-15(7-5-8-16(2)14-20(21)22)13-18-11-6-10-17-9-3-4-12-19(17)18;2*1-2/h3-5,7-9,12-14H,6,10-11H2,1-2H3,(H,21,22);2*1-2H3/b8-5+,15-7-,16-14+,18-13+;;. The Morgan fingerprint density at radius 1 is 1.00 bits per heavy atom. The molecule has 0 heterocycles. The minimum Gasteiger partial charge on any atom is -0.478 e. The van der Waals surface area contributed by atoms with Gasteiger partial charge in [-0.3, -0.25) is 0 Å². The molecule has 1 aromatic rings. The lowest BCUT2D eigenvalue weighted by molar-refractivity contribution is -0.131. The number of benzene rings is 1. The number of aryl methyl sites for hydroxylation is 1. The number of rotatable bonds is 4. The predicted octanol–water partition coefficient (Wildman–Crippen LogP) is 6.99. The molecule has 142 valence electrons. The van der Waals surface area contributed by atoms with E-state index in [4.69, 9.17) is 5.11 Å². The first-order valence-electron chi connectivity index (χ1n) is 9.61. The maximum absolute atomic E-state index is 10.6. The molecule has 1 aliphatic carbocycles. The van der Waals surface area contributed by atoms with Crippen molar-refractivity contribution in [3.05, 3.63) is 76.9 Å². The molecule has 0 aliphatic heterocycles. The van der Waals surface area contributed by atoms with Gasteiger partial charge in [-0.25, -0.2) is 4.79 Å². The third-order valence-corrected chi connectivity index (χ3v) is 3.73. The van der Waals surface area contributed by atoms with Gasteiger partial charge in [0.05, 0.1) is 0 Å². The van der Waals surface area contributed by atoms with Crippen LogP contribution in [-0.2, 0) is 11.2 Å². The van der Waals surface area contributed by atoms with E-state index in [2.05, 4.69) is 37.3 Å². The van der Waals surface area contributed by atoms with Crippen LogP contribution < -0.4 is 0 Å². The van der Waals surface area contributed by atoms with Crippen LogP contribution in [0, 0.1) is 0 Å². The molecule has 0 atom stereocenters. The molecule has 2 nitrogen and oxygen atoms in total. The zero-order chi connectivity index (χ0) is 19.9. The number of carbonyl (C=O) groups is 1. The van der Waals surface area contributed by atoms with Crippen LogP contribution in [0.5, 0.6) is 0 Å². The molecule has 1 aromatic carbocycles. The van der Waals surface area contributed by atoms with E-state index in [0.717, 1.165) is 18.4 Å². The summed E-state index contributed by atoms with van der Waals surface area (Å²) in [6, 6.07) is 8.60. The van der Waals surface area contributed by atoms with Crippen LogP contribution in [-0.4, -0.2) is 11.1 Å². The van der Waals surface area contributed by atoms with Crippen molar-refractivity contribution >= 4 is 11.5 Å². The molecule has 1 aliphatic rings. The van der Waals surface area contributed by atoms with Gasteiger partial charge in [0, 0.05) is 6.08 Å². The molecular weight excluding hydrogens is 320 g/mol. The van der Waals surface area contributed by atoms with Crippen molar-refractivity contribution in [1.82, 2.24) is 0 Å². The molecule has 0 spiro atoms. The van der Waals surface area contributed by atoms with Gasteiger partial charge < -0.3 is 5.11 Å². The highest BCUT2D eigenvalue weighted by Crippen LogP contribution is 2.31. The number of hydrogen-bond donors (Lipinski definition) is 1. The van der Waals surface area contributed by atoms with Crippen molar-refractivity contribution < 1.29 is 9.90 Å². The van der Waals surface area contributed by atoms with Crippen LogP contribution in [0.15, 0.2) is 65.8 Å². The average Bonchev–Trinajstić information content (AvgIpc) is 2.65. The second-order valence-electron chi connectivity index (χ2n) is 5.68. The summed E-state index contributed by atoms with van der Waals surface area (Å²) in [7, 11) is 0. The highest BCUT2D eigenvalue weighted by atomic mass is 16.4. The summed E-state index contributed by atoms with van der Waals surface area (Å²) in [5.74, 6) is -0.913. The van der Waals surface area contributed by atoms with Crippen LogP contribution in [0.1, 0.15) is 65.5 Å². The van der Waals surface area contributed by atoms with Gasteiger partial charge in [-0.1, -0.05) is 81.8 Å². The summed E-state index contributed by atoms with van der Waals surface area (Å²) in [6.07, 6.45) is 12.6. The van der Waals surface area contributed by atoms with Crippen LogP contribution in [0.2, 0.25) is 0 Å². The molecule has 0 fully saturated rings. The maximum Gasteiger partial charge on any atom is 0.328 e. The van der Waals surface area contributed by atoms with Crippen LogP contribution >= 0.6 is 0 Å². The quantitative estimate of drug-likeness (QED) is 0.467. The van der Waals surface area contributed by atoms with Gasteiger partial charge in [-0.05, 0) is 55.4 Å². The Labute approximate surface area is 159 Å². The van der Waals surface area contributed by atoms with E-state index < -0.39 is 5.97 Å². The Bertz CT molecular complexity index is 673. The molecule has 26 heavy (non-hydrogen) atoms. The molecule has 0 saturated heterocycles. The molecule has 0 aromatic heterocycles. The zero-order valence-electron chi connectivity index (χ0n) is 17.2. The normalized spacial score (nSPS) is 15.5. The summed E-state index contributed by atoms with van der Waals surface area (Å²) >= 11 is 0. The van der Waals surface area contributed by atoms with Crippen LogP contribution in [0.4, 0.5) is 0 Å². The zero-order valence-corrected chi connectivity index (χ0v) is 17.2. The van der Waals surface area contributed by atoms with Gasteiger partial charge in [0.25, 0.3) is 0 Å². The van der Waals surface area contributed by atoms with E-state index in [1.807, 2.05) is 45.9 Å². The fourth-order valence-electron chi connectivity index (χ4n) is 2.72. The number of hydrogen-bond acceptors (Lipinski definition) is 1. The van der Waals surface area contributed by atoms with E-state index >= 15 is 0 Å². The first-order valence-corrected chi connectivity index (χ1v) is 9.61. The van der Waals surface area contributed by atoms with Crippen molar-refractivity contribution in [1.29, 1.82) is 0 Å². The molecule has 0 radical (unpaired) electrons. The minimum atomic E-state index is -0.913. The predicted molar refractivity (Wildman–Crippen MR) is 114 cm³/mol. The molecule has 0 unspecified atom stereocenters. The van der Waals surface area contributed by atoms with E-state index in [1.54, 1.807) is 6.92 Å². The van der Waals surface area contributed by atoms with Crippen molar-refractivity contribution in [2.75, 3.05) is 0 Å². The Hall–Kier alpha value is -2.35. The number of allylic oxidation sites excluding steroid dienone is 7. The first-order chi connectivity index (χ1) is 12.6. The summed E-state index contributed by atoms with van der Waals surface area (Å²) in [5, 5.41) is 8.67. The van der Waals surface area contributed by atoms with Crippen molar-refractivity contribution in [2.45, 2.75) is 60.8 Å². The van der Waals surface area contributed by atoms with Crippen LogP contribution in [0.25, 0.3) is 5.57 Å². The Kier molecular flexibility index (Phi) is 12.6. The van der Waals surface area contributed by atoms with Gasteiger partial charge in [0.2, 0.25) is 0 Å². The Morgan fingerprint density at radius 3 is 2.31 bits per heavy atom. The Morgan fingerprint density at radius 2 is 1.65 bits per heavy atom. The topological polar surface area (TPSA) is 37.3 Å². The van der Waals surface area contributed by atoms with Gasteiger partial charge in [0.15, 0.2) is 0 Å². The van der Waals surface area contributed by atoms with Crippen LogP contribution in [0.3, 0.4) is 0 Å². The maximum atomic E-state index is 10.6. The van der Waals surface area contributed by atoms with E-state index in [1.165, 1.54) is 34.8 Å². The molecule has 2 rings (SSSR count). The summed E-state index contributed by atoms with van der Waals surface area (Å²) in [6.45, 7) is 11.9. The molecule has 1 N–H and O–H groups in total. The highest BCUT2D eigenvalue weighted by molar-refractivity contribution is 5.81. The van der Waals surface area contributed by atoms with Crippen molar-refractivity contribution in [3.63, 3.8) is 0 Å². The van der Waals surface area contributed by atoms with E-state index in [-0.39, 0.29) is 0 Å². The third kappa shape index (κ3) is 8.66. The second kappa shape index (κ2) is 13.9. The third-order valence-electron chi connectivity index (χ3n) is 3.73. The van der Waals surface area contributed by atoms with E-state index in [9.17, 15) is 4.79 Å². The average molecular weight is 355 g/mol. The minimum absolute atomic E-state index is 0.729. The SMILES string of the molecule is CC.CC.CC(=C/C=C/C(C)=C/C(=O)O)/C=C1\CCCc2ccccc21. The fourth-order valence-corrected chi connectivity index (χ4v) is 2.72. The molecule has 2 heteroatoms. The highest BCUT2D eigenvalue weighted by Gasteiger charge is 2.12. The molecule has 0 amide bonds. The number of fused-ring (bicyclic) bond motifs is 1. The summed E-state index contributed by atoms with van der Waals surface area (Å²) in [4.78, 5) is 10.6. The fraction of sp³-hybridized carbons (Fsp3) is 0.375. The molecule has 0 saturated carbocycles.